The fraction of sp³-hybridized carbons (Fsp3) is 0.588. The maximum absolute atomic E-state index is 11.9. The van der Waals surface area contributed by atoms with Gasteiger partial charge >= 0.3 is 0 Å². The molecule has 4 heteroatoms. The molecule has 0 aromatic heterocycles. The van der Waals surface area contributed by atoms with Crippen molar-refractivity contribution in [3.05, 3.63) is 35.6 Å². The average Bonchev–Trinajstić information content (AvgIpc) is 2.66. The Morgan fingerprint density at radius 3 is 2.76 bits per heavy atom. The summed E-state index contributed by atoms with van der Waals surface area (Å²) in [6, 6.07) is 0. The molecule has 0 N–H and O–H groups in total. The molecule has 1 atom stereocenters. The zero-order valence-electron chi connectivity index (χ0n) is 13.5. The molecule has 1 aliphatic heterocycles. The molecule has 0 aliphatic carbocycles. The number of thioether (sulfide) groups is 1. The Hall–Kier alpha value is -1.00. The molecule has 0 fully saturated rings. The Kier molecular flexibility index (Phi) is 7.26. The number of carbonyl (C=O) groups excluding carboxylic acids is 1. The van der Waals surface area contributed by atoms with E-state index in [0.717, 1.165) is 18.4 Å². The van der Waals surface area contributed by atoms with Gasteiger partial charge in [-0.1, -0.05) is 55.8 Å². The van der Waals surface area contributed by atoms with Crippen LogP contribution in [0, 0.1) is 0 Å². The molecule has 0 bridgehead atoms. The van der Waals surface area contributed by atoms with Gasteiger partial charge in [-0.15, -0.1) is 0 Å². The Labute approximate surface area is 132 Å². The van der Waals surface area contributed by atoms with Crippen molar-refractivity contribution < 1.29 is 14.3 Å². The smallest absolute Gasteiger partial charge is 0.219 e. The summed E-state index contributed by atoms with van der Waals surface area (Å²) in [6.45, 7) is 10.2. The van der Waals surface area contributed by atoms with Gasteiger partial charge in [0.1, 0.15) is 5.76 Å². The van der Waals surface area contributed by atoms with Crippen molar-refractivity contribution in [3.8, 4) is 0 Å². The van der Waals surface area contributed by atoms with Gasteiger partial charge in [0.2, 0.25) is 5.12 Å². The number of ether oxygens (including phenoxy) is 2. The second-order valence-corrected chi connectivity index (χ2v) is 6.87. The summed E-state index contributed by atoms with van der Waals surface area (Å²) in [4.78, 5) is 11.9. The van der Waals surface area contributed by atoms with Gasteiger partial charge in [-0.25, -0.2) is 0 Å². The summed E-state index contributed by atoms with van der Waals surface area (Å²) in [5, 5.41) is 0.0600. The summed E-state index contributed by atoms with van der Waals surface area (Å²) in [5.74, 6) is 0.692. The first-order chi connectivity index (χ1) is 9.94. The summed E-state index contributed by atoms with van der Waals surface area (Å²) in [5.41, 5.74) is 1.76. The lowest BCUT2D eigenvalue weighted by Gasteiger charge is -2.22. The Morgan fingerprint density at radius 2 is 2.14 bits per heavy atom. The summed E-state index contributed by atoms with van der Waals surface area (Å²) in [6.07, 6.45) is 8.62. The SMILES string of the molecule is C=C(/C=C/C1(C)SC(=O)C(C)=C1OCOC)CCCCC. The lowest BCUT2D eigenvalue weighted by Crippen LogP contribution is -2.20. The van der Waals surface area contributed by atoms with Gasteiger partial charge in [0, 0.05) is 12.7 Å². The van der Waals surface area contributed by atoms with E-state index in [-0.39, 0.29) is 11.9 Å². The van der Waals surface area contributed by atoms with Crippen LogP contribution in [0.5, 0.6) is 0 Å². The normalized spacial score (nSPS) is 22.4. The zero-order valence-corrected chi connectivity index (χ0v) is 14.3. The lowest BCUT2D eigenvalue weighted by atomic mass is 10.0. The van der Waals surface area contributed by atoms with Crippen molar-refractivity contribution in [1.82, 2.24) is 0 Å². The Balaban J connectivity index is 2.74. The van der Waals surface area contributed by atoms with Gasteiger partial charge in [-0.2, -0.15) is 0 Å². The molecule has 21 heavy (non-hydrogen) atoms. The molecule has 0 amide bonds. The van der Waals surface area contributed by atoms with Crippen molar-refractivity contribution in [1.29, 1.82) is 0 Å². The zero-order chi connectivity index (χ0) is 15.9. The molecule has 0 saturated heterocycles. The van der Waals surface area contributed by atoms with Gasteiger partial charge in [0.25, 0.3) is 0 Å². The third-order valence-corrected chi connectivity index (χ3v) is 4.70. The van der Waals surface area contributed by atoms with Crippen LogP contribution in [0.2, 0.25) is 0 Å². The first-order valence-corrected chi connectivity index (χ1v) is 8.19. The van der Waals surface area contributed by atoms with E-state index >= 15 is 0 Å². The van der Waals surface area contributed by atoms with Crippen LogP contribution in [-0.4, -0.2) is 23.8 Å². The number of allylic oxidation sites excluding steroid dienone is 2. The highest BCUT2D eigenvalue weighted by molar-refractivity contribution is 8.16. The van der Waals surface area contributed by atoms with E-state index in [0.29, 0.717) is 11.3 Å². The highest BCUT2D eigenvalue weighted by atomic mass is 32.2. The topological polar surface area (TPSA) is 35.5 Å². The van der Waals surface area contributed by atoms with E-state index in [1.54, 1.807) is 14.0 Å². The first kappa shape index (κ1) is 18.1. The van der Waals surface area contributed by atoms with Gasteiger partial charge in [-0.05, 0) is 26.7 Å². The third kappa shape index (κ3) is 5.04. The number of hydrogen-bond donors (Lipinski definition) is 0. The van der Waals surface area contributed by atoms with E-state index < -0.39 is 4.75 Å². The number of rotatable bonds is 9. The molecule has 1 rings (SSSR count). The van der Waals surface area contributed by atoms with Crippen LogP contribution in [0.4, 0.5) is 0 Å². The average molecular weight is 310 g/mol. The second kappa shape index (κ2) is 8.44. The minimum atomic E-state index is -0.465. The highest BCUT2D eigenvalue weighted by Gasteiger charge is 2.41. The fourth-order valence-corrected chi connectivity index (χ4v) is 3.29. The molecule has 1 heterocycles. The number of hydrogen-bond acceptors (Lipinski definition) is 4. The monoisotopic (exact) mass is 310 g/mol. The summed E-state index contributed by atoms with van der Waals surface area (Å²) < 4.78 is 10.1. The fourth-order valence-electron chi connectivity index (χ4n) is 2.22. The number of methoxy groups -OCH3 is 1. The van der Waals surface area contributed by atoms with Crippen molar-refractivity contribution in [2.45, 2.75) is 51.2 Å². The summed E-state index contributed by atoms with van der Waals surface area (Å²) >= 11 is 1.28. The highest BCUT2D eigenvalue weighted by Crippen LogP contribution is 2.45. The summed E-state index contributed by atoms with van der Waals surface area (Å²) in [7, 11) is 1.57. The van der Waals surface area contributed by atoms with Crippen LogP contribution in [-0.2, 0) is 14.3 Å². The molecule has 118 valence electrons. The van der Waals surface area contributed by atoms with E-state index in [1.807, 2.05) is 19.1 Å². The van der Waals surface area contributed by atoms with Gasteiger partial charge in [0.05, 0.1) is 4.75 Å². The molecule has 0 spiro atoms. The maximum Gasteiger partial charge on any atom is 0.219 e. The molecule has 0 aromatic carbocycles. The van der Waals surface area contributed by atoms with Crippen LogP contribution >= 0.6 is 11.8 Å². The molecule has 0 aromatic rings. The molecular weight excluding hydrogens is 284 g/mol. The van der Waals surface area contributed by atoms with Crippen LogP contribution in [0.1, 0.15) is 46.5 Å². The van der Waals surface area contributed by atoms with E-state index in [4.69, 9.17) is 9.47 Å². The van der Waals surface area contributed by atoms with Crippen LogP contribution in [0.25, 0.3) is 0 Å². The van der Waals surface area contributed by atoms with Crippen molar-refractivity contribution >= 4 is 16.9 Å². The van der Waals surface area contributed by atoms with Crippen molar-refractivity contribution in [3.63, 3.8) is 0 Å². The van der Waals surface area contributed by atoms with Crippen LogP contribution in [0.15, 0.2) is 35.6 Å². The lowest BCUT2D eigenvalue weighted by molar-refractivity contribution is -0.107. The van der Waals surface area contributed by atoms with Crippen molar-refractivity contribution in [2.75, 3.05) is 13.9 Å². The Morgan fingerprint density at radius 1 is 1.43 bits per heavy atom. The molecule has 0 radical (unpaired) electrons. The number of unbranched alkanes of at least 4 members (excludes halogenated alkanes) is 2. The maximum atomic E-state index is 11.9. The molecule has 0 saturated carbocycles. The largest absolute Gasteiger partial charge is 0.470 e. The second-order valence-electron chi connectivity index (χ2n) is 5.45. The van der Waals surface area contributed by atoms with Gasteiger partial charge in [-0.3, -0.25) is 4.79 Å². The molecular formula is C17H26O3S. The Bertz CT molecular complexity index is 451. The molecule has 1 unspecified atom stereocenters. The first-order valence-electron chi connectivity index (χ1n) is 7.38. The quantitative estimate of drug-likeness (QED) is 0.354. The molecule has 3 nitrogen and oxygen atoms in total. The third-order valence-electron chi connectivity index (χ3n) is 3.46. The van der Waals surface area contributed by atoms with Crippen molar-refractivity contribution in [2.24, 2.45) is 0 Å². The standard InChI is InChI=1S/C17H26O3S/c1-6-7-8-9-13(2)10-11-17(4)15(20-12-19-5)14(3)16(18)21-17/h10-11H,2,6-9,12H2,1,3-5H3/b11-10+. The minimum Gasteiger partial charge on any atom is -0.470 e. The minimum absolute atomic E-state index is 0.0600. The van der Waals surface area contributed by atoms with E-state index in [1.165, 1.54) is 24.6 Å². The molecule has 1 aliphatic rings. The van der Waals surface area contributed by atoms with E-state index in [2.05, 4.69) is 13.5 Å². The van der Waals surface area contributed by atoms with Gasteiger partial charge < -0.3 is 9.47 Å². The van der Waals surface area contributed by atoms with Gasteiger partial charge in [0.15, 0.2) is 6.79 Å². The predicted octanol–water partition coefficient (Wildman–Crippen LogP) is 4.61. The number of carbonyl (C=O) groups is 1. The predicted molar refractivity (Wildman–Crippen MR) is 89.1 cm³/mol. The van der Waals surface area contributed by atoms with Crippen LogP contribution in [0.3, 0.4) is 0 Å². The van der Waals surface area contributed by atoms with Crippen LogP contribution < -0.4 is 0 Å². The van der Waals surface area contributed by atoms with E-state index in [9.17, 15) is 4.79 Å².